The first-order chi connectivity index (χ1) is 14.6. The van der Waals surface area contributed by atoms with Gasteiger partial charge >= 0.3 is 0 Å². The van der Waals surface area contributed by atoms with Gasteiger partial charge in [-0.1, -0.05) is 48.0 Å². The van der Waals surface area contributed by atoms with Crippen LogP contribution in [0.2, 0.25) is 5.02 Å². The van der Waals surface area contributed by atoms with Crippen molar-refractivity contribution >= 4 is 34.7 Å². The Hall–Kier alpha value is -3.77. The Labute approximate surface area is 177 Å². The SMILES string of the molecule is O=C(Nc1ccc(Nc2cc(-c3ccccc3)ncn2)cc1)c1c(F)cccc1Cl. The second-order valence-corrected chi connectivity index (χ2v) is 6.81. The van der Waals surface area contributed by atoms with Gasteiger partial charge in [-0.05, 0) is 36.4 Å². The van der Waals surface area contributed by atoms with Gasteiger partial charge in [-0.3, -0.25) is 4.79 Å². The number of nitrogens with zero attached hydrogens (tertiary/aromatic N) is 2. The number of benzene rings is 3. The Bertz CT molecular complexity index is 1160. The van der Waals surface area contributed by atoms with E-state index in [4.69, 9.17) is 11.6 Å². The normalized spacial score (nSPS) is 10.5. The quantitative estimate of drug-likeness (QED) is 0.421. The van der Waals surface area contributed by atoms with E-state index in [1.807, 2.05) is 36.4 Å². The lowest BCUT2D eigenvalue weighted by Crippen LogP contribution is -2.14. The lowest BCUT2D eigenvalue weighted by Gasteiger charge is -2.10. The van der Waals surface area contributed by atoms with Crippen molar-refractivity contribution in [2.75, 3.05) is 10.6 Å². The highest BCUT2D eigenvalue weighted by Gasteiger charge is 2.15. The summed E-state index contributed by atoms with van der Waals surface area (Å²) in [6, 6.07) is 22.7. The third kappa shape index (κ3) is 4.45. The molecule has 1 amide bonds. The maximum atomic E-state index is 13.9. The van der Waals surface area contributed by atoms with E-state index in [0.29, 0.717) is 11.5 Å². The van der Waals surface area contributed by atoms with E-state index in [-0.39, 0.29) is 10.6 Å². The van der Waals surface area contributed by atoms with Gasteiger partial charge in [0.15, 0.2) is 0 Å². The molecule has 0 saturated carbocycles. The standard InChI is InChI=1S/C23H16ClFN4O/c24-18-7-4-8-19(25)22(18)23(30)29-17-11-9-16(10-12-17)28-21-13-20(26-14-27-21)15-5-2-1-3-6-15/h1-14H,(H,29,30)(H,26,27,28). The smallest absolute Gasteiger partial charge is 0.260 e. The molecule has 0 fully saturated rings. The second kappa shape index (κ2) is 8.71. The van der Waals surface area contributed by atoms with E-state index in [9.17, 15) is 9.18 Å². The largest absolute Gasteiger partial charge is 0.340 e. The molecule has 7 heteroatoms. The van der Waals surface area contributed by atoms with Crippen LogP contribution in [0.25, 0.3) is 11.3 Å². The molecule has 0 aliphatic carbocycles. The highest BCUT2D eigenvalue weighted by Crippen LogP contribution is 2.23. The number of anilines is 3. The topological polar surface area (TPSA) is 66.9 Å². The minimum atomic E-state index is -0.670. The first-order valence-corrected chi connectivity index (χ1v) is 9.48. The molecule has 0 saturated heterocycles. The van der Waals surface area contributed by atoms with Gasteiger partial charge in [0, 0.05) is 23.0 Å². The van der Waals surface area contributed by atoms with E-state index in [1.165, 1.54) is 24.5 Å². The first-order valence-electron chi connectivity index (χ1n) is 9.10. The minimum absolute atomic E-state index is 0.0590. The zero-order valence-electron chi connectivity index (χ0n) is 15.6. The maximum absolute atomic E-state index is 13.9. The van der Waals surface area contributed by atoms with Crippen molar-refractivity contribution in [2.24, 2.45) is 0 Å². The Morgan fingerprint density at radius 1 is 0.867 bits per heavy atom. The molecule has 0 bridgehead atoms. The monoisotopic (exact) mass is 418 g/mol. The maximum Gasteiger partial charge on any atom is 0.260 e. The molecule has 0 aliphatic heterocycles. The highest BCUT2D eigenvalue weighted by molar-refractivity contribution is 6.34. The molecule has 0 radical (unpaired) electrons. The summed E-state index contributed by atoms with van der Waals surface area (Å²) in [4.78, 5) is 20.9. The zero-order chi connectivity index (χ0) is 20.9. The van der Waals surface area contributed by atoms with Crippen LogP contribution in [-0.2, 0) is 0 Å². The van der Waals surface area contributed by atoms with Crippen molar-refractivity contribution < 1.29 is 9.18 Å². The summed E-state index contributed by atoms with van der Waals surface area (Å²) in [5, 5.41) is 5.90. The average molecular weight is 419 g/mol. The van der Waals surface area contributed by atoms with Gasteiger partial charge in [0.2, 0.25) is 0 Å². The van der Waals surface area contributed by atoms with Crippen LogP contribution in [-0.4, -0.2) is 15.9 Å². The predicted molar refractivity (Wildman–Crippen MR) is 117 cm³/mol. The molecule has 148 valence electrons. The number of rotatable bonds is 5. The fraction of sp³-hybridized carbons (Fsp3) is 0. The number of aromatic nitrogens is 2. The summed E-state index contributed by atoms with van der Waals surface area (Å²) >= 11 is 5.94. The molecular formula is C23H16ClFN4O. The summed E-state index contributed by atoms with van der Waals surface area (Å²) in [5.74, 6) is -0.642. The van der Waals surface area contributed by atoms with E-state index >= 15 is 0 Å². The molecule has 3 aromatic carbocycles. The number of hydrogen-bond acceptors (Lipinski definition) is 4. The van der Waals surface area contributed by atoms with Crippen LogP contribution in [0.5, 0.6) is 0 Å². The van der Waals surface area contributed by atoms with E-state index in [2.05, 4.69) is 20.6 Å². The van der Waals surface area contributed by atoms with Gasteiger partial charge in [-0.2, -0.15) is 0 Å². The fourth-order valence-corrected chi connectivity index (χ4v) is 3.13. The molecular weight excluding hydrogens is 403 g/mol. The lowest BCUT2D eigenvalue weighted by molar-refractivity contribution is 0.102. The van der Waals surface area contributed by atoms with Crippen molar-refractivity contribution in [1.82, 2.24) is 9.97 Å². The Kier molecular flexibility index (Phi) is 5.68. The molecule has 0 spiro atoms. The average Bonchev–Trinajstić information content (AvgIpc) is 2.76. The second-order valence-electron chi connectivity index (χ2n) is 6.41. The van der Waals surface area contributed by atoms with E-state index in [0.717, 1.165) is 16.9 Å². The van der Waals surface area contributed by atoms with Crippen molar-refractivity contribution in [3.8, 4) is 11.3 Å². The van der Waals surface area contributed by atoms with Gasteiger partial charge in [0.25, 0.3) is 5.91 Å². The molecule has 0 atom stereocenters. The van der Waals surface area contributed by atoms with Crippen LogP contribution in [0.3, 0.4) is 0 Å². The number of amides is 1. The van der Waals surface area contributed by atoms with Crippen molar-refractivity contribution in [2.45, 2.75) is 0 Å². The number of hydrogen-bond donors (Lipinski definition) is 2. The van der Waals surface area contributed by atoms with Crippen LogP contribution in [0.15, 0.2) is 85.2 Å². The van der Waals surface area contributed by atoms with Crippen molar-refractivity contribution in [3.63, 3.8) is 0 Å². The van der Waals surface area contributed by atoms with Crippen molar-refractivity contribution in [3.05, 3.63) is 102 Å². The van der Waals surface area contributed by atoms with Gasteiger partial charge in [-0.25, -0.2) is 14.4 Å². The van der Waals surface area contributed by atoms with Crippen LogP contribution in [0, 0.1) is 5.82 Å². The number of nitrogens with one attached hydrogen (secondary N) is 2. The molecule has 0 aliphatic rings. The lowest BCUT2D eigenvalue weighted by atomic mass is 10.1. The molecule has 0 unspecified atom stereocenters. The Morgan fingerprint density at radius 2 is 1.60 bits per heavy atom. The Balaban J connectivity index is 1.46. The summed E-state index contributed by atoms with van der Waals surface area (Å²) < 4.78 is 13.9. The molecule has 30 heavy (non-hydrogen) atoms. The third-order valence-electron chi connectivity index (χ3n) is 4.34. The molecule has 5 nitrogen and oxygen atoms in total. The Morgan fingerprint density at radius 3 is 2.33 bits per heavy atom. The molecule has 1 aromatic heterocycles. The van der Waals surface area contributed by atoms with Crippen LogP contribution in [0.1, 0.15) is 10.4 Å². The van der Waals surface area contributed by atoms with Gasteiger partial charge < -0.3 is 10.6 Å². The fourth-order valence-electron chi connectivity index (χ4n) is 2.89. The minimum Gasteiger partial charge on any atom is -0.340 e. The number of halogens is 2. The van der Waals surface area contributed by atoms with E-state index in [1.54, 1.807) is 24.3 Å². The first kappa shape index (κ1) is 19.5. The summed E-state index contributed by atoms with van der Waals surface area (Å²) in [6.07, 6.45) is 1.50. The molecule has 2 N–H and O–H groups in total. The van der Waals surface area contributed by atoms with Crippen LogP contribution in [0.4, 0.5) is 21.6 Å². The predicted octanol–water partition coefficient (Wildman–Crippen LogP) is 5.93. The van der Waals surface area contributed by atoms with Crippen LogP contribution >= 0.6 is 11.6 Å². The molecule has 1 heterocycles. The number of carbonyl (C=O) groups is 1. The van der Waals surface area contributed by atoms with Crippen LogP contribution < -0.4 is 10.6 Å². The number of carbonyl (C=O) groups excluding carboxylic acids is 1. The highest BCUT2D eigenvalue weighted by atomic mass is 35.5. The van der Waals surface area contributed by atoms with Gasteiger partial charge in [0.1, 0.15) is 18.0 Å². The summed E-state index contributed by atoms with van der Waals surface area (Å²) in [7, 11) is 0. The zero-order valence-corrected chi connectivity index (χ0v) is 16.4. The molecule has 4 aromatic rings. The van der Waals surface area contributed by atoms with Gasteiger partial charge in [-0.15, -0.1) is 0 Å². The van der Waals surface area contributed by atoms with Crippen molar-refractivity contribution in [1.29, 1.82) is 0 Å². The summed E-state index contributed by atoms with van der Waals surface area (Å²) in [5.41, 5.74) is 2.90. The molecule has 4 rings (SSSR count). The van der Waals surface area contributed by atoms with Gasteiger partial charge in [0.05, 0.1) is 16.3 Å². The summed E-state index contributed by atoms with van der Waals surface area (Å²) in [6.45, 7) is 0. The third-order valence-corrected chi connectivity index (χ3v) is 4.66. The van der Waals surface area contributed by atoms with E-state index < -0.39 is 11.7 Å².